The van der Waals surface area contributed by atoms with Crippen molar-refractivity contribution in [2.24, 2.45) is 10.7 Å². The van der Waals surface area contributed by atoms with Crippen LogP contribution in [0.2, 0.25) is 5.15 Å². The van der Waals surface area contributed by atoms with Gasteiger partial charge in [0, 0.05) is 18.0 Å². The zero-order chi connectivity index (χ0) is 18.7. The van der Waals surface area contributed by atoms with Crippen LogP contribution in [0.4, 0.5) is 0 Å². The third-order valence-electron chi connectivity index (χ3n) is 3.98. The quantitative estimate of drug-likeness (QED) is 0.424. The Morgan fingerprint density at radius 1 is 1.19 bits per heavy atom. The van der Waals surface area contributed by atoms with Crippen molar-refractivity contribution in [3.05, 3.63) is 76.4 Å². The highest BCUT2D eigenvalue weighted by atomic mass is 35.5. The van der Waals surface area contributed by atoms with Crippen LogP contribution < -0.4 is 11.2 Å². The van der Waals surface area contributed by atoms with E-state index in [9.17, 15) is 0 Å². The first-order valence-corrected chi connectivity index (χ1v) is 8.43. The van der Waals surface area contributed by atoms with E-state index < -0.39 is 0 Å². The van der Waals surface area contributed by atoms with Crippen molar-refractivity contribution in [2.45, 2.75) is 20.4 Å². The molecule has 0 radical (unpaired) electrons. The van der Waals surface area contributed by atoms with Crippen molar-refractivity contribution >= 4 is 17.6 Å². The average molecular weight is 367 g/mol. The predicted molar refractivity (Wildman–Crippen MR) is 103 cm³/mol. The number of nitrogens with two attached hydrogens (primary N) is 1. The maximum absolute atomic E-state index is 7.87. The number of halogens is 1. The molecule has 6 nitrogen and oxygen atoms in total. The lowest BCUT2D eigenvalue weighted by Gasteiger charge is -2.09. The fourth-order valence-electron chi connectivity index (χ4n) is 2.69. The van der Waals surface area contributed by atoms with E-state index in [1.165, 1.54) is 22.5 Å². The fraction of sp³-hybridized carbons (Fsp3) is 0.158. The number of nitrogens with one attached hydrogen (secondary N) is 1. The number of aromatic nitrogens is 3. The number of aryl methyl sites for hydroxylation is 2. The summed E-state index contributed by atoms with van der Waals surface area (Å²) >= 11 is 5.76. The van der Waals surface area contributed by atoms with Crippen LogP contribution in [0, 0.1) is 19.3 Å². The van der Waals surface area contributed by atoms with Crippen LogP contribution in [-0.2, 0) is 6.54 Å². The molecular formula is C19H19ClN6. The highest BCUT2D eigenvalue weighted by Gasteiger charge is 2.05. The molecule has 7 heteroatoms. The number of pyridine rings is 1. The molecule has 2 aromatic heterocycles. The zero-order valence-electron chi connectivity index (χ0n) is 14.6. The van der Waals surface area contributed by atoms with Crippen molar-refractivity contribution in [1.29, 1.82) is 5.41 Å². The minimum absolute atomic E-state index is 0.130. The van der Waals surface area contributed by atoms with E-state index in [0.29, 0.717) is 6.54 Å². The molecule has 0 atom stereocenters. The fourth-order valence-corrected chi connectivity index (χ4v) is 2.83. The van der Waals surface area contributed by atoms with Crippen LogP contribution in [0.15, 0.2) is 53.9 Å². The molecule has 0 unspecified atom stereocenters. The average Bonchev–Trinajstić information content (AvgIpc) is 2.59. The third kappa shape index (κ3) is 3.97. The summed E-state index contributed by atoms with van der Waals surface area (Å²) < 4.78 is 1.38. The lowest BCUT2D eigenvalue weighted by molar-refractivity contribution is 0.897. The second-order valence-electron chi connectivity index (χ2n) is 5.98. The summed E-state index contributed by atoms with van der Waals surface area (Å²) in [5.41, 5.74) is 11.6. The Kier molecular flexibility index (Phi) is 5.14. The second kappa shape index (κ2) is 7.49. The van der Waals surface area contributed by atoms with E-state index >= 15 is 0 Å². The summed E-state index contributed by atoms with van der Waals surface area (Å²) in [5.74, 6) is 0.200. The molecule has 3 aromatic rings. The zero-order valence-corrected chi connectivity index (χ0v) is 15.3. The van der Waals surface area contributed by atoms with Gasteiger partial charge in [-0.25, -0.2) is 9.98 Å². The van der Waals surface area contributed by atoms with Gasteiger partial charge < -0.3 is 5.73 Å². The van der Waals surface area contributed by atoms with Gasteiger partial charge in [-0.05, 0) is 48.2 Å². The molecule has 0 aliphatic carbocycles. The molecular weight excluding hydrogens is 348 g/mol. The highest BCUT2D eigenvalue weighted by Crippen LogP contribution is 2.24. The van der Waals surface area contributed by atoms with Gasteiger partial charge in [0.15, 0.2) is 0 Å². The van der Waals surface area contributed by atoms with E-state index in [1.54, 1.807) is 0 Å². The van der Waals surface area contributed by atoms with Gasteiger partial charge in [-0.3, -0.25) is 15.0 Å². The van der Waals surface area contributed by atoms with Gasteiger partial charge in [0.25, 0.3) is 0 Å². The largest absolute Gasteiger partial charge is 0.369 e. The Morgan fingerprint density at radius 3 is 2.69 bits per heavy atom. The minimum Gasteiger partial charge on any atom is -0.369 e. The van der Waals surface area contributed by atoms with E-state index in [4.69, 9.17) is 22.7 Å². The molecule has 0 bridgehead atoms. The van der Waals surface area contributed by atoms with Gasteiger partial charge in [0.05, 0.1) is 6.54 Å². The molecule has 26 heavy (non-hydrogen) atoms. The summed E-state index contributed by atoms with van der Waals surface area (Å²) in [4.78, 5) is 12.5. The summed E-state index contributed by atoms with van der Waals surface area (Å²) in [5, 5.41) is 8.12. The van der Waals surface area contributed by atoms with Gasteiger partial charge in [-0.1, -0.05) is 29.8 Å². The van der Waals surface area contributed by atoms with Crippen molar-refractivity contribution in [3.63, 3.8) is 0 Å². The molecule has 0 fully saturated rings. The molecule has 0 saturated carbocycles. The summed E-state index contributed by atoms with van der Waals surface area (Å²) in [6.07, 6.45) is 3.21. The lowest BCUT2D eigenvalue weighted by Crippen LogP contribution is -2.33. The molecule has 3 rings (SSSR count). The van der Waals surface area contributed by atoms with Crippen LogP contribution in [0.1, 0.15) is 16.8 Å². The van der Waals surface area contributed by atoms with Crippen LogP contribution in [0.5, 0.6) is 0 Å². The minimum atomic E-state index is 0.130. The van der Waals surface area contributed by atoms with E-state index in [1.807, 2.05) is 25.3 Å². The summed E-state index contributed by atoms with van der Waals surface area (Å²) in [7, 11) is 0. The van der Waals surface area contributed by atoms with Gasteiger partial charge in [0.1, 0.15) is 17.0 Å². The standard InChI is InChI=1S/C19H19ClN6/c1-12-7-14(3-4-16(12)15-5-6-23-13(2)8-15)10-24-19(22)26-11-25-17(20)9-18(26)21/h3-9,11,21H,10H2,1-2H3,(H2,22,24). The van der Waals surface area contributed by atoms with Crippen molar-refractivity contribution in [1.82, 2.24) is 14.5 Å². The second-order valence-corrected chi connectivity index (χ2v) is 6.36. The normalized spacial score (nSPS) is 11.6. The van der Waals surface area contributed by atoms with E-state index in [0.717, 1.165) is 22.4 Å². The third-order valence-corrected chi connectivity index (χ3v) is 4.19. The van der Waals surface area contributed by atoms with Gasteiger partial charge in [0.2, 0.25) is 5.96 Å². The van der Waals surface area contributed by atoms with E-state index in [-0.39, 0.29) is 16.6 Å². The Bertz CT molecular complexity index is 1040. The Labute approximate surface area is 156 Å². The molecule has 0 spiro atoms. The van der Waals surface area contributed by atoms with Crippen LogP contribution >= 0.6 is 11.6 Å². The van der Waals surface area contributed by atoms with Crippen LogP contribution in [0.25, 0.3) is 11.1 Å². The predicted octanol–water partition coefficient (Wildman–Crippen LogP) is 3.06. The Balaban J connectivity index is 1.82. The van der Waals surface area contributed by atoms with Gasteiger partial charge in [-0.2, -0.15) is 0 Å². The molecule has 0 amide bonds. The van der Waals surface area contributed by atoms with E-state index in [2.05, 4.69) is 40.1 Å². The maximum atomic E-state index is 7.87. The molecule has 2 heterocycles. The first-order chi connectivity index (χ1) is 12.4. The maximum Gasteiger partial charge on any atom is 0.202 e. The SMILES string of the molecule is Cc1cc(-c2ccc(CN=C(N)n3cnc(Cl)cc3=N)cc2C)ccn1. The Morgan fingerprint density at radius 2 is 2.00 bits per heavy atom. The summed E-state index contributed by atoms with van der Waals surface area (Å²) in [6, 6.07) is 11.7. The molecule has 1 aromatic carbocycles. The molecule has 3 N–H and O–H groups in total. The number of hydrogen-bond acceptors (Lipinski definition) is 4. The van der Waals surface area contributed by atoms with Crippen molar-refractivity contribution in [2.75, 3.05) is 0 Å². The van der Waals surface area contributed by atoms with Crippen molar-refractivity contribution in [3.8, 4) is 11.1 Å². The molecule has 0 aliphatic heterocycles. The van der Waals surface area contributed by atoms with Crippen LogP contribution in [0.3, 0.4) is 0 Å². The molecule has 0 aliphatic rings. The number of benzene rings is 1. The first-order valence-electron chi connectivity index (χ1n) is 8.05. The Hall–Kier alpha value is -2.99. The van der Waals surface area contributed by atoms with Crippen LogP contribution in [-0.4, -0.2) is 20.5 Å². The highest BCUT2D eigenvalue weighted by molar-refractivity contribution is 6.29. The summed E-state index contributed by atoms with van der Waals surface area (Å²) in [6.45, 7) is 4.47. The first kappa shape index (κ1) is 17.8. The number of nitrogens with zero attached hydrogens (tertiary/aromatic N) is 4. The van der Waals surface area contributed by atoms with Gasteiger partial charge >= 0.3 is 0 Å². The smallest absolute Gasteiger partial charge is 0.202 e. The lowest BCUT2D eigenvalue weighted by atomic mass is 9.99. The van der Waals surface area contributed by atoms with Gasteiger partial charge in [-0.15, -0.1) is 0 Å². The monoisotopic (exact) mass is 366 g/mol. The number of aliphatic imine (C=N–C) groups is 1. The van der Waals surface area contributed by atoms with Crippen molar-refractivity contribution < 1.29 is 0 Å². The topological polar surface area (TPSA) is 92.9 Å². The molecule has 132 valence electrons. The number of hydrogen-bond donors (Lipinski definition) is 2. The molecule has 0 saturated heterocycles. The number of rotatable bonds is 3.